The lowest BCUT2D eigenvalue weighted by Gasteiger charge is -2.01. The van der Waals surface area contributed by atoms with E-state index < -0.39 is 0 Å². The highest BCUT2D eigenvalue weighted by molar-refractivity contribution is 5.64. The minimum absolute atomic E-state index is 0.0822. The number of nitrogens with zero attached hydrogens (tertiary/aromatic N) is 5. The second-order valence-corrected chi connectivity index (χ2v) is 3.08. The van der Waals surface area contributed by atoms with Gasteiger partial charge in [-0.15, -0.1) is 5.10 Å². The molecule has 1 aromatic carbocycles. The van der Waals surface area contributed by atoms with E-state index in [1.54, 1.807) is 0 Å². The summed E-state index contributed by atoms with van der Waals surface area (Å²) < 4.78 is 1.42. The standard InChI is InChI=1S/C11H7N5/c12-6-7-16-11(10(8-13)14-15-16)9-4-2-1-3-5-9/h1-5H,7H2. The molecular formula is C11H7N5. The van der Waals surface area contributed by atoms with Crippen molar-refractivity contribution >= 4 is 0 Å². The second kappa shape index (κ2) is 4.24. The van der Waals surface area contributed by atoms with Gasteiger partial charge in [0.15, 0.2) is 5.69 Å². The predicted molar refractivity (Wildman–Crippen MR) is 55.8 cm³/mol. The molecule has 0 amide bonds. The van der Waals surface area contributed by atoms with Crippen molar-refractivity contribution in [2.45, 2.75) is 6.54 Å². The smallest absolute Gasteiger partial charge is 0.190 e. The molecule has 2 rings (SSSR count). The zero-order chi connectivity index (χ0) is 11.4. The van der Waals surface area contributed by atoms with Gasteiger partial charge in [-0.1, -0.05) is 35.5 Å². The van der Waals surface area contributed by atoms with Crippen LogP contribution in [0.4, 0.5) is 0 Å². The Morgan fingerprint density at radius 2 is 1.94 bits per heavy atom. The topological polar surface area (TPSA) is 78.3 Å². The first-order valence-electron chi connectivity index (χ1n) is 4.62. The number of benzene rings is 1. The van der Waals surface area contributed by atoms with Gasteiger partial charge in [0.05, 0.1) is 6.07 Å². The molecule has 0 N–H and O–H groups in total. The first kappa shape index (κ1) is 9.88. The zero-order valence-electron chi connectivity index (χ0n) is 8.33. The Kier molecular flexibility index (Phi) is 2.62. The average molecular weight is 209 g/mol. The van der Waals surface area contributed by atoms with Crippen molar-refractivity contribution in [1.82, 2.24) is 15.0 Å². The molecule has 2 aromatic rings. The second-order valence-electron chi connectivity index (χ2n) is 3.08. The largest absolute Gasteiger partial charge is 0.229 e. The van der Waals surface area contributed by atoms with E-state index in [1.165, 1.54) is 4.68 Å². The summed E-state index contributed by atoms with van der Waals surface area (Å²) >= 11 is 0. The van der Waals surface area contributed by atoms with E-state index in [2.05, 4.69) is 10.3 Å². The van der Waals surface area contributed by atoms with Gasteiger partial charge >= 0.3 is 0 Å². The van der Waals surface area contributed by atoms with Gasteiger partial charge in [-0.2, -0.15) is 10.5 Å². The molecule has 0 radical (unpaired) electrons. The maximum atomic E-state index is 8.91. The van der Waals surface area contributed by atoms with E-state index in [1.807, 2.05) is 42.5 Å². The molecule has 0 atom stereocenters. The molecule has 0 aliphatic rings. The van der Waals surface area contributed by atoms with Crippen LogP contribution < -0.4 is 0 Å². The number of rotatable bonds is 2. The summed E-state index contributed by atoms with van der Waals surface area (Å²) in [5, 5.41) is 25.1. The Hall–Kier alpha value is -2.66. The monoisotopic (exact) mass is 209 g/mol. The lowest BCUT2D eigenvalue weighted by molar-refractivity contribution is 0.674. The molecule has 76 valence electrons. The molecule has 0 unspecified atom stereocenters. The number of hydrogen-bond donors (Lipinski definition) is 0. The van der Waals surface area contributed by atoms with Crippen LogP contribution in [0.25, 0.3) is 11.3 Å². The molecule has 0 saturated heterocycles. The highest BCUT2D eigenvalue weighted by Gasteiger charge is 2.13. The first-order chi connectivity index (χ1) is 7.86. The molecular weight excluding hydrogens is 202 g/mol. The van der Waals surface area contributed by atoms with Crippen LogP contribution in [-0.4, -0.2) is 15.0 Å². The molecule has 1 aromatic heterocycles. The molecule has 0 fully saturated rings. The lowest BCUT2D eigenvalue weighted by atomic mass is 10.1. The van der Waals surface area contributed by atoms with Crippen LogP contribution in [-0.2, 0) is 6.54 Å². The Bertz CT molecular complexity index is 571. The Morgan fingerprint density at radius 1 is 1.19 bits per heavy atom. The normalized spacial score (nSPS) is 9.38. The van der Waals surface area contributed by atoms with Gasteiger partial charge in [0.1, 0.15) is 18.3 Å². The number of nitriles is 2. The van der Waals surface area contributed by atoms with E-state index in [9.17, 15) is 0 Å². The van der Waals surface area contributed by atoms with Gasteiger partial charge in [0.2, 0.25) is 0 Å². The highest BCUT2D eigenvalue weighted by Crippen LogP contribution is 2.20. The quantitative estimate of drug-likeness (QED) is 0.747. The fraction of sp³-hybridized carbons (Fsp3) is 0.0909. The van der Waals surface area contributed by atoms with Crippen molar-refractivity contribution in [3.8, 4) is 23.4 Å². The lowest BCUT2D eigenvalue weighted by Crippen LogP contribution is -2.00. The van der Waals surface area contributed by atoms with Gasteiger partial charge in [0.25, 0.3) is 0 Å². The molecule has 0 bridgehead atoms. The molecule has 0 saturated carbocycles. The van der Waals surface area contributed by atoms with Crippen LogP contribution in [0.1, 0.15) is 5.69 Å². The zero-order valence-corrected chi connectivity index (χ0v) is 8.33. The van der Waals surface area contributed by atoms with Crippen LogP contribution in [0.15, 0.2) is 30.3 Å². The fourth-order valence-corrected chi connectivity index (χ4v) is 1.45. The van der Waals surface area contributed by atoms with E-state index in [-0.39, 0.29) is 12.2 Å². The minimum atomic E-state index is 0.0822. The van der Waals surface area contributed by atoms with Crippen LogP contribution in [0.5, 0.6) is 0 Å². The third kappa shape index (κ3) is 1.62. The molecule has 5 nitrogen and oxygen atoms in total. The van der Waals surface area contributed by atoms with Crippen LogP contribution >= 0.6 is 0 Å². The van der Waals surface area contributed by atoms with E-state index in [0.717, 1.165) is 5.56 Å². The van der Waals surface area contributed by atoms with Crippen molar-refractivity contribution < 1.29 is 0 Å². The van der Waals surface area contributed by atoms with E-state index in [0.29, 0.717) is 5.69 Å². The fourth-order valence-electron chi connectivity index (χ4n) is 1.45. The molecule has 16 heavy (non-hydrogen) atoms. The Balaban J connectivity index is 2.59. The summed E-state index contributed by atoms with van der Waals surface area (Å²) in [5.41, 5.74) is 1.66. The van der Waals surface area contributed by atoms with Crippen molar-refractivity contribution in [2.75, 3.05) is 0 Å². The van der Waals surface area contributed by atoms with Gasteiger partial charge < -0.3 is 0 Å². The third-order valence-electron chi connectivity index (χ3n) is 2.11. The average Bonchev–Trinajstić information content (AvgIpc) is 2.74. The summed E-state index contributed by atoms with van der Waals surface area (Å²) in [7, 11) is 0. The summed E-state index contributed by atoms with van der Waals surface area (Å²) in [6.07, 6.45) is 0. The molecule has 0 spiro atoms. The predicted octanol–water partition coefficient (Wildman–Crippen LogP) is 1.34. The summed E-state index contributed by atoms with van der Waals surface area (Å²) in [6, 6.07) is 13.3. The summed E-state index contributed by atoms with van der Waals surface area (Å²) in [4.78, 5) is 0. The van der Waals surface area contributed by atoms with Crippen molar-refractivity contribution in [3.63, 3.8) is 0 Å². The van der Waals surface area contributed by atoms with Gasteiger partial charge in [-0.3, -0.25) is 0 Å². The van der Waals surface area contributed by atoms with E-state index in [4.69, 9.17) is 10.5 Å². The number of hydrogen-bond acceptors (Lipinski definition) is 4. The SMILES string of the molecule is N#CCn1nnc(C#N)c1-c1ccccc1. The van der Waals surface area contributed by atoms with Crippen molar-refractivity contribution in [3.05, 3.63) is 36.0 Å². The Labute approximate surface area is 92.2 Å². The van der Waals surface area contributed by atoms with E-state index >= 15 is 0 Å². The third-order valence-corrected chi connectivity index (χ3v) is 2.11. The maximum Gasteiger partial charge on any atom is 0.190 e. The Morgan fingerprint density at radius 3 is 2.56 bits per heavy atom. The van der Waals surface area contributed by atoms with Crippen molar-refractivity contribution in [1.29, 1.82) is 10.5 Å². The minimum Gasteiger partial charge on any atom is -0.229 e. The maximum absolute atomic E-state index is 8.91. The van der Waals surface area contributed by atoms with Gasteiger partial charge in [-0.05, 0) is 0 Å². The molecule has 0 aliphatic carbocycles. The molecule has 0 aliphatic heterocycles. The van der Waals surface area contributed by atoms with Crippen LogP contribution in [0, 0.1) is 22.7 Å². The molecule has 1 heterocycles. The number of aromatic nitrogens is 3. The van der Waals surface area contributed by atoms with Crippen molar-refractivity contribution in [2.24, 2.45) is 0 Å². The molecule has 5 heteroatoms. The van der Waals surface area contributed by atoms with Crippen LogP contribution in [0.2, 0.25) is 0 Å². The van der Waals surface area contributed by atoms with Gasteiger partial charge in [-0.25, -0.2) is 4.68 Å². The first-order valence-corrected chi connectivity index (χ1v) is 4.62. The van der Waals surface area contributed by atoms with Gasteiger partial charge in [0, 0.05) is 5.56 Å². The van der Waals surface area contributed by atoms with Crippen LogP contribution in [0.3, 0.4) is 0 Å². The summed E-state index contributed by atoms with van der Waals surface area (Å²) in [6.45, 7) is 0.0822. The summed E-state index contributed by atoms with van der Waals surface area (Å²) in [5.74, 6) is 0. The highest BCUT2D eigenvalue weighted by atomic mass is 15.4.